The topological polar surface area (TPSA) is 35.2 Å². The predicted octanol–water partition coefficient (Wildman–Crippen LogP) is 1.33. The van der Waals surface area contributed by atoms with Crippen LogP contribution >= 0.6 is 34.8 Å². The third-order valence-corrected chi connectivity index (χ3v) is 1.59. The summed E-state index contributed by atoms with van der Waals surface area (Å²) < 4.78 is 3.33. The number of methoxy groups -OCH3 is 1. The summed E-state index contributed by atoms with van der Waals surface area (Å²) in [6, 6.07) is 0. The van der Waals surface area contributed by atoms with E-state index in [4.69, 9.17) is 45.3 Å². The average molecular weight is 192 g/mol. The van der Waals surface area contributed by atoms with Crippen molar-refractivity contribution in [2.75, 3.05) is 13.7 Å². The maximum atomic E-state index is 5.43. The van der Waals surface area contributed by atoms with Crippen LogP contribution in [0, 0.1) is 0 Å². The van der Waals surface area contributed by atoms with Gasteiger partial charge in [0, 0.05) is 13.7 Å². The first kappa shape index (κ1) is 9.79. The summed E-state index contributed by atoms with van der Waals surface area (Å²) in [7, 11) is 1.44. The zero-order chi connectivity index (χ0) is 7.49. The molecule has 0 rings (SSSR count). The minimum absolute atomic E-state index is 0.201. The van der Waals surface area contributed by atoms with Crippen molar-refractivity contribution < 1.29 is 4.74 Å². The monoisotopic (exact) mass is 191 g/mol. The van der Waals surface area contributed by atoms with Gasteiger partial charge >= 0.3 is 0 Å². The van der Waals surface area contributed by atoms with Crippen LogP contribution in [0.5, 0.6) is 0 Å². The summed E-state index contributed by atoms with van der Waals surface area (Å²) in [5, 5.41) is 0. The molecule has 0 saturated heterocycles. The van der Waals surface area contributed by atoms with Gasteiger partial charge in [0.15, 0.2) is 0 Å². The Kier molecular flexibility index (Phi) is 4.17. The Morgan fingerprint density at radius 2 is 2.00 bits per heavy atom. The molecule has 0 spiro atoms. The zero-order valence-corrected chi connectivity index (χ0v) is 7.17. The number of rotatable bonds is 2. The van der Waals surface area contributed by atoms with E-state index < -0.39 is 9.90 Å². The Hall–Kier alpha value is 0.790. The molecule has 0 aromatic rings. The molecule has 0 aromatic carbocycles. The maximum absolute atomic E-state index is 5.43. The fourth-order valence-electron chi connectivity index (χ4n) is 0.363. The van der Waals surface area contributed by atoms with Crippen LogP contribution in [0.2, 0.25) is 0 Å². The third-order valence-electron chi connectivity index (χ3n) is 0.864. The largest absolute Gasteiger partial charge is 0.376 e. The van der Waals surface area contributed by atoms with Crippen LogP contribution in [-0.4, -0.2) is 23.6 Å². The minimum Gasteiger partial charge on any atom is -0.376 e. The number of alkyl halides is 3. The molecule has 5 heteroatoms. The number of hydrogen-bond donors (Lipinski definition) is 1. The highest BCUT2D eigenvalue weighted by atomic mass is 35.6. The molecule has 0 aliphatic rings. The van der Waals surface area contributed by atoms with Crippen molar-refractivity contribution in [2.45, 2.75) is 9.90 Å². The van der Waals surface area contributed by atoms with Gasteiger partial charge in [-0.3, -0.25) is 0 Å². The van der Waals surface area contributed by atoms with Crippen LogP contribution in [0.3, 0.4) is 0 Å². The Morgan fingerprint density at radius 3 is 2.00 bits per heavy atom. The predicted molar refractivity (Wildman–Crippen MR) is 40.1 cm³/mol. The lowest BCUT2D eigenvalue weighted by Gasteiger charge is -2.20. The first-order chi connectivity index (χ1) is 4.02. The van der Waals surface area contributed by atoms with Crippen molar-refractivity contribution in [3.63, 3.8) is 0 Å². The number of nitrogens with two attached hydrogens (primary N) is 1. The minimum atomic E-state index is -1.41. The van der Waals surface area contributed by atoms with Gasteiger partial charge in [0.25, 0.3) is 0 Å². The highest BCUT2D eigenvalue weighted by Gasteiger charge is 2.31. The second kappa shape index (κ2) is 3.84. The molecule has 0 unspecified atom stereocenters. The lowest BCUT2D eigenvalue weighted by atomic mass is 10.4. The van der Waals surface area contributed by atoms with Gasteiger partial charge in [-0.15, -0.1) is 0 Å². The summed E-state index contributed by atoms with van der Waals surface area (Å²) in [6.45, 7) is 0.201. The van der Waals surface area contributed by atoms with Crippen molar-refractivity contribution in [3.8, 4) is 0 Å². The van der Waals surface area contributed by atoms with Crippen LogP contribution in [0.15, 0.2) is 0 Å². The molecular formula is C4H8Cl3NO. The molecule has 0 saturated carbocycles. The molecule has 0 aliphatic carbocycles. The second-order valence-electron chi connectivity index (χ2n) is 1.50. The number of ether oxygens (including phenoxy) is 1. The fraction of sp³-hybridized carbons (Fsp3) is 1.00. The molecule has 0 radical (unpaired) electrons. The van der Waals surface area contributed by atoms with E-state index in [0.717, 1.165) is 0 Å². The lowest BCUT2D eigenvalue weighted by molar-refractivity contribution is 0.113. The molecule has 1 atom stereocenters. The van der Waals surface area contributed by atoms with E-state index >= 15 is 0 Å². The Labute approximate surface area is 69.2 Å². The van der Waals surface area contributed by atoms with Crippen LogP contribution in [-0.2, 0) is 4.74 Å². The number of hydrogen-bond acceptors (Lipinski definition) is 2. The van der Waals surface area contributed by atoms with Gasteiger partial charge in [-0.1, -0.05) is 34.8 Å². The molecule has 0 aromatic heterocycles. The Bertz CT molecular complexity index is 78.4. The highest BCUT2D eigenvalue weighted by molar-refractivity contribution is 6.68. The smallest absolute Gasteiger partial charge is 0.217 e. The molecular weight excluding hydrogens is 184 g/mol. The molecule has 0 fully saturated rings. The van der Waals surface area contributed by atoms with Gasteiger partial charge in [0.1, 0.15) is 6.10 Å². The summed E-state index contributed by atoms with van der Waals surface area (Å²) >= 11 is 16.3. The summed E-state index contributed by atoms with van der Waals surface area (Å²) in [5.41, 5.74) is 5.19. The normalized spacial score (nSPS) is 15.7. The van der Waals surface area contributed by atoms with E-state index in [1.165, 1.54) is 7.11 Å². The molecule has 9 heavy (non-hydrogen) atoms. The maximum Gasteiger partial charge on any atom is 0.217 e. The van der Waals surface area contributed by atoms with Crippen molar-refractivity contribution in [1.82, 2.24) is 0 Å². The Balaban J connectivity index is 3.79. The van der Waals surface area contributed by atoms with Crippen LogP contribution in [0.1, 0.15) is 0 Å². The van der Waals surface area contributed by atoms with Gasteiger partial charge in [0.05, 0.1) is 0 Å². The fourth-order valence-corrected chi connectivity index (χ4v) is 0.898. The molecule has 0 amide bonds. The van der Waals surface area contributed by atoms with Crippen LogP contribution in [0.25, 0.3) is 0 Å². The molecule has 0 heterocycles. The quantitative estimate of drug-likeness (QED) is 0.670. The summed E-state index contributed by atoms with van der Waals surface area (Å²) in [5.74, 6) is 0. The standard InChI is InChI=1S/C4H8Cl3NO/c1-9-3(2-8)4(5,6)7/h3H,2,8H2,1H3/t3-/m1/s1. The molecule has 56 valence electrons. The molecule has 0 bridgehead atoms. The van der Waals surface area contributed by atoms with E-state index in [0.29, 0.717) is 0 Å². The van der Waals surface area contributed by atoms with Crippen molar-refractivity contribution in [3.05, 3.63) is 0 Å². The molecule has 2 nitrogen and oxygen atoms in total. The Morgan fingerprint density at radius 1 is 1.56 bits per heavy atom. The van der Waals surface area contributed by atoms with Crippen LogP contribution < -0.4 is 5.73 Å². The van der Waals surface area contributed by atoms with E-state index in [1.54, 1.807) is 0 Å². The summed E-state index contributed by atoms with van der Waals surface area (Å²) in [6.07, 6.45) is -0.525. The van der Waals surface area contributed by atoms with E-state index in [2.05, 4.69) is 0 Å². The van der Waals surface area contributed by atoms with Gasteiger partial charge in [-0.2, -0.15) is 0 Å². The molecule has 0 aliphatic heterocycles. The zero-order valence-electron chi connectivity index (χ0n) is 4.90. The van der Waals surface area contributed by atoms with Gasteiger partial charge in [-0.05, 0) is 0 Å². The van der Waals surface area contributed by atoms with E-state index in [1.807, 2.05) is 0 Å². The highest BCUT2D eigenvalue weighted by Crippen LogP contribution is 2.31. The van der Waals surface area contributed by atoms with Gasteiger partial charge in [-0.25, -0.2) is 0 Å². The third kappa shape index (κ3) is 3.48. The van der Waals surface area contributed by atoms with Gasteiger partial charge < -0.3 is 10.5 Å². The van der Waals surface area contributed by atoms with Crippen molar-refractivity contribution in [1.29, 1.82) is 0 Å². The van der Waals surface area contributed by atoms with Crippen LogP contribution in [0.4, 0.5) is 0 Å². The van der Waals surface area contributed by atoms with Crippen molar-refractivity contribution in [2.24, 2.45) is 5.73 Å². The second-order valence-corrected chi connectivity index (χ2v) is 3.87. The average Bonchev–Trinajstić information content (AvgIpc) is 1.65. The lowest BCUT2D eigenvalue weighted by Crippen LogP contribution is -2.34. The van der Waals surface area contributed by atoms with E-state index in [9.17, 15) is 0 Å². The van der Waals surface area contributed by atoms with Gasteiger partial charge in [0.2, 0.25) is 3.79 Å². The molecule has 2 N–H and O–H groups in total. The summed E-state index contributed by atoms with van der Waals surface area (Å²) in [4.78, 5) is 0. The first-order valence-corrected chi connectivity index (χ1v) is 3.45. The first-order valence-electron chi connectivity index (χ1n) is 2.32. The van der Waals surface area contributed by atoms with Crippen molar-refractivity contribution >= 4 is 34.8 Å². The SMILES string of the molecule is CO[C@H](CN)C(Cl)(Cl)Cl. The van der Waals surface area contributed by atoms with E-state index in [-0.39, 0.29) is 6.54 Å². The number of halogens is 3.